The highest BCUT2D eigenvalue weighted by Crippen LogP contribution is 2.45. The number of aromatic nitrogens is 4. The number of hydrogen-bond acceptors (Lipinski definition) is 4. The fourth-order valence-corrected chi connectivity index (χ4v) is 9.25. The molecule has 262 valence electrons. The van der Waals surface area contributed by atoms with Gasteiger partial charge in [-0.25, -0.2) is 15.0 Å². The molecule has 3 aromatic heterocycles. The number of nitrogens with zero attached hydrogens (tertiary/aromatic N) is 4. The highest BCUT2D eigenvalue weighted by molar-refractivity contribution is 7.26. The summed E-state index contributed by atoms with van der Waals surface area (Å²) in [7, 11) is 0. The first-order chi connectivity index (χ1) is 27.8. The van der Waals surface area contributed by atoms with E-state index in [4.69, 9.17) is 15.0 Å². The lowest BCUT2D eigenvalue weighted by Crippen LogP contribution is -2.00. The topological polar surface area (TPSA) is 43.6 Å². The van der Waals surface area contributed by atoms with Crippen molar-refractivity contribution in [1.82, 2.24) is 19.5 Å². The Morgan fingerprint density at radius 1 is 0.357 bits per heavy atom. The van der Waals surface area contributed by atoms with Crippen molar-refractivity contribution in [3.8, 4) is 62.1 Å². The minimum absolute atomic E-state index is 0.643. The Morgan fingerprint density at radius 2 is 0.929 bits per heavy atom. The van der Waals surface area contributed by atoms with Gasteiger partial charge in [0.25, 0.3) is 0 Å². The molecule has 0 spiro atoms. The minimum atomic E-state index is 0.643. The van der Waals surface area contributed by atoms with Crippen molar-refractivity contribution in [2.75, 3.05) is 0 Å². The van der Waals surface area contributed by atoms with E-state index in [2.05, 4.69) is 162 Å². The largest absolute Gasteiger partial charge is 0.309 e. The highest BCUT2D eigenvalue weighted by Gasteiger charge is 2.21. The predicted octanol–water partition coefficient (Wildman–Crippen LogP) is 13.7. The van der Waals surface area contributed by atoms with Crippen molar-refractivity contribution in [3.05, 3.63) is 194 Å². The Labute approximate surface area is 327 Å². The number of thiophene rings is 1. The zero-order chi connectivity index (χ0) is 37.0. The van der Waals surface area contributed by atoms with Gasteiger partial charge in [0, 0.05) is 58.9 Å². The second kappa shape index (κ2) is 13.3. The van der Waals surface area contributed by atoms with Gasteiger partial charge < -0.3 is 4.57 Å². The zero-order valence-electron chi connectivity index (χ0n) is 30.2. The van der Waals surface area contributed by atoms with Gasteiger partial charge in [-0.05, 0) is 53.1 Å². The lowest BCUT2D eigenvalue weighted by Gasteiger charge is -2.13. The van der Waals surface area contributed by atoms with Crippen molar-refractivity contribution < 1.29 is 0 Å². The van der Waals surface area contributed by atoms with Crippen LogP contribution < -0.4 is 0 Å². The molecule has 56 heavy (non-hydrogen) atoms. The van der Waals surface area contributed by atoms with Crippen LogP contribution in [0.3, 0.4) is 0 Å². The van der Waals surface area contributed by atoms with E-state index in [0.29, 0.717) is 17.5 Å². The second-order valence-corrected chi connectivity index (χ2v) is 15.1. The molecule has 0 atom stereocenters. The van der Waals surface area contributed by atoms with Gasteiger partial charge in [0.05, 0.1) is 11.0 Å². The van der Waals surface area contributed by atoms with Crippen molar-refractivity contribution in [2.24, 2.45) is 0 Å². The summed E-state index contributed by atoms with van der Waals surface area (Å²) in [6, 6.07) is 68.6. The molecular weight excluding hydrogens is 701 g/mol. The van der Waals surface area contributed by atoms with Gasteiger partial charge >= 0.3 is 0 Å². The summed E-state index contributed by atoms with van der Waals surface area (Å²) in [5, 5.41) is 4.76. The van der Waals surface area contributed by atoms with Crippen LogP contribution >= 0.6 is 11.3 Å². The van der Waals surface area contributed by atoms with Crippen LogP contribution in [0.15, 0.2) is 194 Å². The van der Waals surface area contributed by atoms with E-state index in [1.54, 1.807) is 0 Å². The molecule has 0 aliphatic heterocycles. The first kappa shape index (κ1) is 32.2. The van der Waals surface area contributed by atoms with Gasteiger partial charge in [0.1, 0.15) is 0 Å². The molecule has 0 saturated heterocycles. The fourth-order valence-electron chi connectivity index (χ4n) is 8.05. The van der Waals surface area contributed by atoms with Crippen molar-refractivity contribution in [3.63, 3.8) is 0 Å². The lowest BCUT2D eigenvalue weighted by atomic mass is 9.99. The van der Waals surface area contributed by atoms with E-state index >= 15 is 0 Å². The molecule has 0 aliphatic carbocycles. The summed E-state index contributed by atoms with van der Waals surface area (Å²) in [5.74, 6) is 1.93. The molecule has 0 aliphatic rings. The van der Waals surface area contributed by atoms with Gasteiger partial charge in [-0.3, -0.25) is 0 Å². The van der Waals surface area contributed by atoms with Crippen molar-refractivity contribution >= 4 is 53.3 Å². The quantitative estimate of drug-likeness (QED) is 0.171. The number of benzene rings is 8. The van der Waals surface area contributed by atoms with Crippen LogP contribution in [0.2, 0.25) is 0 Å². The standard InChI is InChI=1S/C51H32N4S/c1-5-16-33(17-6-1)37-28-29-46-42(30-37)43-32-38(31-41(48(43)56-46)34-18-7-2-8-19-34)55-44-26-14-13-24-39(44)47-40(25-15-27-45(47)55)51-53-49(35-20-9-3-10-21-35)52-50(54-51)36-22-11-4-12-23-36/h1-32H. The normalized spacial score (nSPS) is 11.6. The summed E-state index contributed by atoms with van der Waals surface area (Å²) in [4.78, 5) is 15.3. The number of para-hydroxylation sites is 1. The second-order valence-electron chi connectivity index (χ2n) is 14.0. The monoisotopic (exact) mass is 732 g/mol. The molecular formula is C51H32N4S. The van der Waals surface area contributed by atoms with E-state index in [-0.39, 0.29) is 0 Å². The van der Waals surface area contributed by atoms with Gasteiger partial charge in [0.2, 0.25) is 0 Å². The summed E-state index contributed by atoms with van der Waals surface area (Å²) in [6.45, 7) is 0. The average molecular weight is 733 g/mol. The number of hydrogen-bond donors (Lipinski definition) is 0. The molecule has 0 saturated carbocycles. The van der Waals surface area contributed by atoms with E-state index in [0.717, 1.165) is 44.2 Å². The Kier molecular flexibility index (Phi) is 7.64. The van der Waals surface area contributed by atoms with Gasteiger partial charge in [-0.1, -0.05) is 158 Å². The molecule has 11 rings (SSSR count). The van der Waals surface area contributed by atoms with Gasteiger partial charge in [-0.15, -0.1) is 11.3 Å². The number of fused-ring (bicyclic) bond motifs is 6. The molecule has 11 aromatic rings. The van der Waals surface area contributed by atoms with E-state index < -0.39 is 0 Å². The van der Waals surface area contributed by atoms with Crippen LogP contribution in [0.25, 0.3) is 104 Å². The summed E-state index contributed by atoms with van der Waals surface area (Å²) < 4.78 is 4.98. The van der Waals surface area contributed by atoms with Crippen LogP contribution in [-0.4, -0.2) is 19.5 Å². The van der Waals surface area contributed by atoms with Crippen molar-refractivity contribution in [2.45, 2.75) is 0 Å². The predicted molar refractivity (Wildman–Crippen MR) is 234 cm³/mol. The Hall–Kier alpha value is -7.21. The summed E-state index contributed by atoms with van der Waals surface area (Å²) in [6.07, 6.45) is 0. The minimum Gasteiger partial charge on any atom is -0.309 e. The van der Waals surface area contributed by atoms with Crippen molar-refractivity contribution in [1.29, 1.82) is 0 Å². The molecule has 5 heteroatoms. The molecule has 0 amide bonds. The fraction of sp³-hybridized carbons (Fsp3) is 0. The third-order valence-electron chi connectivity index (χ3n) is 10.6. The Bertz CT molecular complexity index is 3170. The van der Waals surface area contributed by atoms with Crippen LogP contribution in [0, 0.1) is 0 Å². The molecule has 8 aromatic carbocycles. The van der Waals surface area contributed by atoms with Crippen LogP contribution in [0.4, 0.5) is 0 Å². The van der Waals surface area contributed by atoms with Crippen LogP contribution in [0.5, 0.6) is 0 Å². The maximum atomic E-state index is 5.16. The SMILES string of the molecule is c1ccc(-c2ccc3sc4c(-c5ccccc5)cc(-n5c6ccccc6c6c(-c7nc(-c8ccccc8)nc(-c8ccccc8)n7)cccc65)cc4c3c2)cc1. The third kappa shape index (κ3) is 5.40. The average Bonchev–Trinajstić information content (AvgIpc) is 3.82. The third-order valence-corrected chi connectivity index (χ3v) is 11.9. The highest BCUT2D eigenvalue weighted by atomic mass is 32.1. The lowest BCUT2D eigenvalue weighted by molar-refractivity contribution is 1.08. The molecule has 0 radical (unpaired) electrons. The van der Waals surface area contributed by atoms with Crippen LogP contribution in [0.1, 0.15) is 0 Å². The van der Waals surface area contributed by atoms with Gasteiger partial charge in [-0.2, -0.15) is 0 Å². The molecule has 3 heterocycles. The molecule has 4 nitrogen and oxygen atoms in total. The molecule has 0 fully saturated rings. The maximum absolute atomic E-state index is 5.16. The smallest absolute Gasteiger partial charge is 0.164 e. The maximum Gasteiger partial charge on any atom is 0.164 e. The molecule has 0 unspecified atom stereocenters. The Balaban J connectivity index is 1.19. The molecule has 0 N–H and O–H groups in total. The van der Waals surface area contributed by atoms with Crippen LogP contribution in [-0.2, 0) is 0 Å². The summed E-state index contributed by atoms with van der Waals surface area (Å²) in [5.41, 5.74) is 11.0. The Morgan fingerprint density at radius 3 is 1.61 bits per heavy atom. The van der Waals surface area contributed by atoms with Gasteiger partial charge in [0.15, 0.2) is 17.5 Å². The first-order valence-corrected chi connectivity index (χ1v) is 19.6. The zero-order valence-corrected chi connectivity index (χ0v) is 31.0. The van der Waals surface area contributed by atoms with E-state index in [9.17, 15) is 0 Å². The first-order valence-electron chi connectivity index (χ1n) is 18.8. The number of rotatable bonds is 6. The summed E-state index contributed by atoms with van der Waals surface area (Å²) >= 11 is 1.87. The van der Waals surface area contributed by atoms with E-state index in [1.807, 2.05) is 47.7 Å². The molecule has 0 bridgehead atoms. The van der Waals surface area contributed by atoms with E-state index in [1.165, 1.54) is 42.4 Å².